The molecule has 0 saturated carbocycles. The van der Waals surface area contributed by atoms with E-state index in [1.165, 1.54) is 0 Å². The standard InChI is InChI=1S/C9H15NO7/c11-1-2-14-3-4-15-9(13)16-6-7-5-10-8(12)17-7/h7,11H,1-6H2,(H,10,12)/t7-/m0/s1. The van der Waals surface area contributed by atoms with Crippen molar-refractivity contribution in [3.63, 3.8) is 0 Å². The minimum atomic E-state index is -0.847. The number of cyclic esters (lactones) is 1. The van der Waals surface area contributed by atoms with Gasteiger partial charge in [0, 0.05) is 0 Å². The highest BCUT2D eigenvalue weighted by Gasteiger charge is 2.23. The Morgan fingerprint density at radius 3 is 2.88 bits per heavy atom. The molecule has 17 heavy (non-hydrogen) atoms. The zero-order valence-electron chi connectivity index (χ0n) is 9.22. The Morgan fingerprint density at radius 2 is 2.24 bits per heavy atom. The smallest absolute Gasteiger partial charge is 0.441 e. The molecule has 1 saturated heterocycles. The predicted molar refractivity (Wildman–Crippen MR) is 53.5 cm³/mol. The summed E-state index contributed by atoms with van der Waals surface area (Å²) < 4.78 is 18.9. The summed E-state index contributed by atoms with van der Waals surface area (Å²) >= 11 is 0. The lowest BCUT2D eigenvalue weighted by Gasteiger charge is -2.09. The van der Waals surface area contributed by atoms with Crippen LogP contribution in [0.1, 0.15) is 0 Å². The highest BCUT2D eigenvalue weighted by atomic mass is 16.7. The maximum absolute atomic E-state index is 11.0. The van der Waals surface area contributed by atoms with E-state index in [1.807, 2.05) is 0 Å². The van der Waals surface area contributed by atoms with Crippen molar-refractivity contribution in [2.45, 2.75) is 6.10 Å². The highest BCUT2D eigenvalue weighted by Crippen LogP contribution is 2.01. The molecule has 0 bridgehead atoms. The molecule has 8 nitrogen and oxygen atoms in total. The normalized spacial score (nSPS) is 18.4. The molecule has 1 aliphatic heterocycles. The third-order valence-corrected chi connectivity index (χ3v) is 1.82. The van der Waals surface area contributed by atoms with Crippen LogP contribution in [0, 0.1) is 0 Å². The van der Waals surface area contributed by atoms with Gasteiger partial charge in [-0.05, 0) is 0 Å². The van der Waals surface area contributed by atoms with Crippen LogP contribution in [0.3, 0.4) is 0 Å². The van der Waals surface area contributed by atoms with Gasteiger partial charge in [-0.2, -0.15) is 0 Å². The van der Waals surface area contributed by atoms with Gasteiger partial charge < -0.3 is 29.4 Å². The Kier molecular flexibility index (Phi) is 6.12. The van der Waals surface area contributed by atoms with E-state index in [0.29, 0.717) is 6.54 Å². The molecule has 1 fully saturated rings. The van der Waals surface area contributed by atoms with Crippen LogP contribution in [0.2, 0.25) is 0 Å². The summed E-state index contributed by atoms with van der Waals surface area (Å²) in [4.78, 5) is 21.6. The van der Waals surface area contributed by atoms with Gasteiger partial charge in [-0.15, -0.1) is 0 Å². The summed E-state index contributed by atoms with van der Waals surface area (Å²) in [6, 6.07) is 0. The zero-order valence-corrected chi connectivity index (χ0v) is 9.22. The number of carbonyl (C=O) groups is 2. The lowest BCUT2D eigenvalue weighted by molar-refractivity contribution is 0.00483. The molecule has 2 N–H and O–H groups in total. The Hall–Kier alpha value is -1.54. The second kappa shape index (κ2) is 7.69. The lowest BCUT2D eigenvalue weighted by Crippen LogP contribution is -2.23. The largest absolute Gasteiger partial charge is 0.508 e. The average molecular weight is 249 g/mol. The number of rotatable bonds is 7. The molecule has 0 aromatic rings. The van der Waals surface area contributed by atoms with Crippen LogP contribution in [0.15, 0.2) is 0 Å². The molecule has 0 unspecified atom stereocenters. The third kappa shape index (κ3) is 5.93. The van der Waals surface area contributed by atoms with Gasteiger partial charge in [-0.3, -0.25) is 0 Å². The number of nitrogens with one attached hydrogen (secondary N) is 1. The Bertz CT molecular complexity index is 258. The minimum absolute atomic E-state index is 0.0432. The minimum Gasteiger partial charge on any atom is -0.441 e. The summed E-state index contributed by atoms with van der Waals surface area (Å²) in [5, 5.41) is 10.8. The molecule has 1 atom stereocenters. The summed E-state index contributed by atoms with van der Waals surface area (Å²) in [6.45, 7) is 0.616. The highest BCUT2D eigenvalue weighted by molar-refractivity contribution is 5.69. The van der Waals surface area contributed by atoms with Crippen molar-refractivity contribution in [2.24, 2.45) is 0 Å². The number of aliphatic hydroxyl groups is 1. The van der Waals surface area contributed by atoms with Gasteiger partial charge in [-0.1, -0.05) is 0 Å². The maximum Gasteiger partial charge on any atom is 0.508 e. The lowest BCUT2D eigenvalue weighted by atomic mass is 10.4. The zero-order chi connectivity index (χ0) is 12.5. The fourth-order valence-corrected chi connectivity index (χ4v) is 1.08. The molecule has 0 aromatic heterocycles. The van der Waals surface area contributed by atoms with E-state index in [2.05, 4.69) is 10.1 Å². The molecule has 8 heteroatoms. The van der Waals surface area contributed by atoms with Crippen LogP contribution in [-0.2, 0) is 18.9 Å². The van der Waals surface area contributed by atoms with Crippen LogP contribution in [0.5, 0.6) is 0 Å². The average Bonchev–Trinajstić information content (AvgIpc) is 2.72. The van der Waals surface area contributed by atoms with Gasteiger partial charge >= 0.3 is 12.2 Å². The van der Waals surface area contributed by atoms with E-state index < -0.39 is 18.4 Å². The van der Waals surface area contributed by atoms with Crippen molar-refractivity contribution in [1.29, 1.82) is 0 Å². The van der Waals surface area contributed by atoms with Gasteiger partial charge in [0.05, 0.1) is 26.4 Å². The number of hydrogen-bond acceptors (Lipinski definition) is 7. The van der Waals surface area contributed by atoms with Gasteiger partial charge in [-0.25, -0.2) is 9.59 Å². The molecule has 98 valence electrons. The van der Waals surface area contributed by atoms with Crippen LogP contribution in [-0.4, -0.2) is 63.0 Å². The topological polar surface area (TPSA) is 103 Å². The van der Waals surface area contributed by atoms with Crippen LogP contribution >= 0.6 is 0 Å². The fourth-order valence-electron chi connectivity index (χ4n) is 1.08. The molecular weight excluding hydrogens is 234 g/mol. The van der Waals surface area contributed by atoms with Gasteiger partial charge in [0.2, 0.25) is 0 Å². The molecule has 0 aliphatic carbocycles. The third-order valence-electron chi connectivity index (χ3n) is 1.82. The molecule has 1 aliphatic rings. The molecule has 1 rings (SSSR count). The monoisotopic (exact) mass is 249 g/mol. The first-order chi connectivity index (χ1) is 8.22. The fraction of sp³-hybridized carbons (Fsp3) is 0.778. The van der Waals surface area contributed by atoms with Crippen LogP contribution in [0.4, 0.5) is 9.59 Å². The Morgan fingerprint density at radius 1 is 1.41 bits per heavy atom. The van der Waals surface area contributed by atoms with Gasteiger partial charge in [0.25, 0.3) is 0 Å². The summed E-state index contributed by atoms with van der Waals surface area (Å²) in [6.07, 6.45) is -1.84. The molecule has 0 aromatic carbocycles. The second-order valence-corrected chi connectivity index (χ2v) is 3.15. The van der Waals surface area contributed by atoms with Gasteiger partial charge in [0.15, 0.2) is 6.10 Å². The summed E-state index contributed by atoms with van der Waals surface area (Å²) in [5.41, 5.74) is 0. The van der Waals surface area contributed by atoms with E-state index in [4.69, 9.17) is 19.3 Å². The molecule has 0 spiro atoms. The SMILES string of the molecule is O=C1NC[C@@H](COC(=O)OCCOCCO)O1. The molecule has 1 heterocycles. The van der Waals surface area contributed by atoms with E-state index in [1.54, 1.807) is 0 Å². The van der Waals surface area contributed by atoms with E-state index in [0.717, 1.165) is 0 Å². The van der Waals surface area contributed by atoms with Crippen molar-refractivity contribution in [2.75, 3.05) is 39.6 Å². The van der Waals surface area contributed by atoms with Crippen molar-refractivity contribution >= 4 is 12.2 Å². The Balaban J connectivity index is 1.96. The second-order valence-electron chi connectivity index (χ2n) is 3.15. The number of aliphatic hydroxyl groups excluding tert-OH is 1. The first-order valence-electron chi connectivity index (χ1n) is 5.15. The van der Waals surface area contributed by atoms with E-state index in [9.17, 15) is 9.59 Å². The molecule has 1 amide bonds. The predicted octanol–water partition coefficient (Wildman–Crippen LogP) is -0.743. The van der Waals surface area contributed by atoms with Crippen LogP contribution in [0.25, 0.3) is 0 Å². The molecule has 0 radical (unpaired) electrons. The number of alkyl carbamates (subject to hydrolysis) is 1. The Labute approximate surface area is 97.8 Å². The number of ether oxygens (including phenoxy) is 4. The van der Waals surface area contributed by atoms with E-state index in [-0.39, 0.29) is 33.0 Å². The number of amides is 1. The van der Waals surface area contributed by atoms with Crippen molar-refractivity contribution in [3.8, 4) is 0 Å². The summed E-state index contributed by atoms with van der Waals surface area (Å²) in [7, 11) is 0. The number of carbonyl (C=O) groups excluding carboxylic acids is 2. The first-order valence-corrected chi connectivity index (χ1v) is 5.15. The van der Waals surface area contributed by atoms with Crippen molar-refractivity contribution in [3.05, 3.63) is 0 Å². The molecular formula is C9H15NO7. The van der Waals surface area contributed by atoms with Crippen molar-refractivity contribution in [1.82, 2.24) is 5.32 Å². The summed E-state index contributed by atoms with van der Waals surface area (Å²) in [5.74, 6) is 0. The van der Waals surface area contributed by atoms with Crippen LogP contribution < -0.4 is 5.32 Å². The maximum atomic E-state index is 11.0. The van der Waals surface area contributed by atoms with Crippen molar-refractivity contribution < 1.29 is 33.6 Å². The first kappa shape index (κ1) is 13.5. The van der Waals surface area contributed by atoms with Gasteiger partial charge in [0.1, 0.15) is 13.2 Å². The van der Waals surface area contributed by atoms with E-state index >= 15 is 0 Å². The number of hydrogen-bond donors (Lipinski definition) is 2. The quantitative estimate of drug-likeness (QED) is 0.452.